The predicted octanol–water partition coefficient (Wildman–Crippen LogP) is -0.0346. The van der Waals surface area contributed by atoms with Gasteiger partial charge >= 0.3 is 5.97 Å². The van der Waals surface area contributed by atoms with Crippen molar-refractivity contribution in [1.29, 1.82) is 0 Å². The Kier molecular flexibility index (Phi) is 6.74. The molecule has 0 aliphatic carbocycles. The monoisotopic (exact) mass is 202 g/mol. The van der Waals surface area contributed by atoms with Crippen molar-refractivity contribution in [1.82, 2.24) is 10.6 Å². The quantitative estimate of drug-likeness (QED) is 0.506. The second-order valence-corrected chi connectivity index (χ2v) is 3.04. The van der Waals surface area contributed by atoms with E-state index in [1.54, 1.807) is 6.92 Å². The van der Waals surface area contributed by atoms with Crippen LogP contribution in [0.5, 0.6) is 0 Å². The largest absolute Gasteiger partial charge is 0.480 e. The first kappa shape index (κ1) is 12.9. The van der Waals surface area contributed by atoms with Crippen molar-refractivity contribution in [2.45, 2.75) is 32.7 Å². The van der Waals surface area contributed by atoms with Gasteiger partial charge in [-0.05, 0) is 19.4 Å². The maximum Gasteiger partial charge on any atom is 0.326 e. The van der Waals surface area contributed by atoms with Gasteiger partial charge in [0, 0.05) is 0 Å². The zero-order valence-corrected chi connectivity index (χ0v) is 8.67. The molecule has 0 unspecified atom stereocenters. The minimum absolute atomic E-state index is 0.178. The molecule has 3 N–H and O–H groups in total. The molecular weight excluding hydrogens is 184 g/mol. The summed E-state index contributed by atoms with van der Waals surface area (Å²) in [5, 5.41) is 14.0. The van der Waals surface area contributed by atoms with E-state index in [-0.39, 0.29) is 12.5 Å². The van der Waals surface area contributed by atoms with Crippen LogP contribution in [0.25, 0.3) is 0 Å². The Bertz CT molecular complexity index is 194. The third-order valence-corrected chi connectivity index (χ3v) is 1.75. The lowest BCUT2D eigenvalue weighted by Crippen LogP contribution is -2.44. The van der Waals surface area contributed by atoms with Gasteiger partial charge in [-0.15, -0.1) is 0 Å². The molecular formula is C9H18N2O3. The van der Waals surface area contributed by atoms with Gasteiger partial charge in [-0.25, -0.2) is 4.79 Å². The summed E-state index contributed by atoms with van der Waals surface area (Å²) in [7, 11) is 0. The zero-order valence-electron chi connectivity index (χ0n) is 8.67. The van der Waals surface area contributed by atoms with Crippen LogP contribution >= 0.6 is 0 Å². The predicted molar refractivity (Wildman–Crippen MR) is 53.0 cm³/mol. The van der Waals surface area contributed by atoms with Crippen LogP contribution in [0, 0.1) is 0 Å². The Morgan fingerprint density at radius 2 is 2.00 bits per heavy atom. The molecule has 0 aromatic carbocycles. The van der Waals surface area contributed by atoms with Gasteiger partial charge in [0.1, 0.15) is 6.04 Å². The molecule has 0 rings (SSSR count). The van der Waals surface area contributed by atoms with Crippen molar-refractivity contribution >= 4 is 11.9 Å². The van der Waals surface area contributed by atoms with Gasteiger partial charge < -0.3 is 15.7 Å². The maximum atomic E-state index is 11.2. The molecule has 5 nitrogen and oxygen atoms in total. The van der Waals surface area contributed by atoms with E-state index in [0.29, 0.717) is 6.42 Å². The van der Waals surface area contributed by atoms with Gasteiger partial charge in [-0.1, -0.05) is 13.8 Å². The van der Waals surface area contributed by atoms with Gasteiger partial charge in [0.25, 0.3) is 0 Å². The lowest BCUT2D eigenvalue weighted by molar-refractivity contribution is -0.141. The first-order valence-corrected chi connectivity index (χ1v) is 4.84. The molecule has 14 heavy (non-hydrogen) atoms. The number of amides is 1. The van der Waals surface area contributed by atoms with E-state index in [1.807, 2.05) is 6.92 Å². The molecule has 0 aromatic heterocycles. The molecule has 0 aliphatic heterocycles. The van der Waals surface area contributed by atoms with Crippen molar-refractivity contribution in [3.05, 3.63) is 0 Å². The van der Waals surface area contributed by atoms with Crippen molar-refractivity contribution in [2.24, 2.45) is 0 Å². The fourth-order valence-electron chi connectivity index (χ4n) is 0.962. The minimum atomic E-state index is -0.989. The van der Waals surface area contributed by atoms with E-state index in [2.05, 4.69) is 10.6 Å². The van der Waals surface area contributed by atoms with E-state index in [0.717, 1.165) is 13.0 Å². The Morgan fingerprint density at radius 3 is 2.43 bits per heavy atom. The van der Waals surface area contributed by atoms with E-state index >= 15 is 0 Å². The summed E-state index contributed by atoms with van der Waals surface area (Å²) in [5.41, 5.74) is 0. The van der Waals surface area contributed by atoms with Gasteiger partial charge in [-0.2, -0.15) is 0 Å². The Morgan fingerprint density at radius 1 is 1.36 bits per heavy atom. The molecule has 5 heteroatoms. The molecule has 0 fully saturated rings. The standard InChI is InChI=1S/C9H18N2O3/c1-3-5-10-6-8(12)11-7(4-2)9(13)14/h7,10H,3-6H2,1-2H3,(H,11,12)(H,13,14)/t7-/m1/s1. The number of hydrogen-bond acceptors (Lipinski definition) is 3. The lowest BCUT2D eigenvalue weighted by Gasteiger charge is -2.12. The smallest absolute Gasteiger partial charge is 0.326 e. The van der Waals surface area contributed by atoms with Gasteiger partial charge in [0.2, 0.25) is 5.91 Å². The third kappa shape index (κ3) is 5.53. The highest BCUT2D eigenvalue weighted by Crippen LogP contribution is 1.89. The number of nitrogens with one attached hydrogen (secondary N) is 2. The highest BCUT2D eigenvalue weighted by molar-refractivity contribution is 5.84. The van der Waals surface area contributed by atoms with Crippen LogP contribution in [0.4, 0.5) is 0 Å². The average Bonchev–Trinajstić information content (AvgIpc) is 2.14. The Labute approximate surface area is 83.9 Å². The van der Waals surface area contributed by atoms with Crippen molar-refractivity contribution in [2.75, 3.05) is 13.1 Å². The van der Waals surface area contributed by atoms with Crippen molar-refractivity contribution in [3.8, 4) is 0 Å². The molecule has 1 atom stereocenters. The van der Waals surface area contributed by atoms with Crippen LogP contribution in [0.3, 0.4) is 0 Å². The summed E-state index contributed by atoms with van der Waals surface area (Å²) < 4.78 is 0. The number of carboxylic acids is 1. The van der Waals surface area contributed by atoms with Gasteiger partial charge in [-0.3, -0.25) is 4.79 Å². The number of carboxylic acid groups (broad SMARTS) is 1. The zero-order chi connectivity index (χ0) is 11.0. The number of carbonyl (C=O) groups is 2. The minimum Gasteiger partial charge on any atom is -0.480 e. The number of hydrogen-bond donors (Lipinski definition) is 3. The third-order valence-electron chi connectivity index (χ3n) is 1.75. The van der Waals surface area contributed by atoms with E-state index in [1.165, 1.54) is 0 Å². The summed E-state index contributed by atoms with van der Waals surface area (Å²) in [4.78, 5) is 21.7. The van der Waals surface area contributed by atoms with Crippen LogP contribution in [-0.2, 0) is 9.59 Å². The summed E-state index contributed by atoms with van der Waals surface area (Å²) in [6, 6.07) is -0.772. The fourth-order valence-corrected chi connectivity index (χ4v) is 0.962. The van der Waals surface area contributed by atoms with Crippen LogP contribution in [0.2, 0.25) is 0 Å². The topological polar surface area (TPSA) is 78.4 Å². The summed E-state index contributed by atoms with van der Waals surface area (Å²) in [5.74, 6) is -1.26. The van der Waals surface area contributed by atoms with Crippen LogP contribution in [0.1, 0.15) is 26.7 Å². The molecule has 0 aromatic rings. The SMILES string of the molecule is CCCNCC(=O)N[C@H](CC)C(=O)O. The van der Waals surface area contributed by atoms with E-state index < -0.39 is 12.0 Å². The van der Waals surface area contributed by atoms with Crippen LogP contribution < -0.4 is 10.6 Å². The first-order chi connectivity index (χ1) is 6.61. The molecule has 0 aliphatic rings. The number of aliphatic carboxylic acids is 1. The van der Waals surface area contributed by atoms with Gasteiger partial charge in [0.05, 0.1) is 6.54 Å². The average molecular weight is 202 g/mol. The Balaban J connectivity index is 3.74. The Hall–Kier alpha value is -1.10. The highest BCUT2D eigenvalue weighted by Gasteiger charge is 2.16. The molecule has 0 heterocycles. The molecule has 0 radical (unpaired) electrons. The first-order valence-electron chi connectivity index (χ1n) is 4.84. The highest BCUT2D eigenvalue weighted by atomic mass is 16.4. The summed E-state index contributed by atoms with van der Waals surface area (Å²) in [6.45, 7) is 4.66. The van der Waals surface area contributed by atoms with Crippen molar-refractivity contribution < 1.29 is 14.7 Å². The second kappa shape index (κ2) is 7.32. The fraction of sp³-hybridized carbons (Fsp3) is 0.778. The van der Waals surface area contributed by atoms with Gasteiger partial charge in [0.15, 0.2) is 0 Å². The molecule has 82 valence electrons. The lowest BCUT2D eigenvalue weighted by atomic mass is 10.2. The molecule has 0 saturated heterocycles. The second-order valence-electron chi connectivity index (χ2n) is 3.04. The molecule has 0 bridgehead atoms. The molecule has 0 saturated carbocycles. The van der Waals surface area contributed by atoms with Crippen LogP contribution in [-0.4, -0.2) is 36.1 Å². The summed E-state index contributed by atoms with van der Waals surface area (Å²) >= 11 is 0. The summed E-state index contributed by atoms with van der Waals surface area (Å²) in [6.07, 6.45) is 1.35. The van der Waals surface area contributed by atoms with E-state index in [4.69, 9.17) is 5.11 Å². The van der Waals surface area contributed by atoms with E-state index in [9.17, 15) is 9.59 Å². The molecule has 0 spiro atoms. The van der Waals surface area contributed by atoms with Crippen molar-refractivity contribution in [3.63, 3.8) is 0 Å². The maximum absolute atomic E-state index is 11.2. The molecule has 1 amide bonds. The normalized spacial score (nSPS) is 12.1. The number of carbonyl (C=O) groups excluding carboxylic acids is 1. The van der Waals surface area contributed by atoms with Crippen LogP contribution in [0.15, 0.2) is 0 Å². The number of rotatable bonds is 7.